The molecule has 1 aromatic carbocycles. The highest BCUT2D eigenvalue weighted by Gasteiger charge is 2.20. The molecule has 0 radical (unpaired) electrons. The van der Waals surface area contributed by atoms with Crippen LogP contribution in [-0.2, 0) is 10.1 Å². The Morgan fingerprint density at radius 3 is 2.56 bits per heavy atom. The first-order chi connectivity index (χ1) is 12.7. The molecule has 0 atom stereocenters. The zero-order valence-electron chi connectivity index (χ0n) is 14.1. The topological polar surface area (TPSA) is 171 Å². The Hall–Kier alpha value is -3.31. The van der Waals surface area contributed by atoms with E-state index in [1.807, 2.05) is 0 Å². The van der Waals surface area contributed by atoms with Crippen LogP contribution < -0.4 is 16.2 Å². The lowest BCUT2D eigenvalue weighted by Gasteiger charge is -2.11. The van der Waals surface area contributed by atoms with Crippen LogP contribution in [0.25, 0.3) is 22.3 Å². The third kappa shape index (κ3) is 3.64. The van der Waals surface area contributed by atoms with Gasteiger partial charge in [-0.2, -0.15) is 13.4 Å². The van der Waals surface area contributed by atoms with Gasteiger partial charge >= 0.3 is 0 Å². The number of carbonyl (C=O) groups excluding carboxylic acids is 1. The molecule has 2 aromatic heterocycles. The van der Waals surface area contributed by atoms with Gasteiger partial charge in [0.05, 0.1) is 17.8 Å². The van der Waals surface area contributed by atoms with Gasteiger partial charge < -0.3 is 16.2 Å². The van der Waals surface area contributed by atoms with Crippen LogP contribution in [0.1, 0.15) is 17.3 Å². The molecule has 1 amide bonds. The van der Waals surface area contributed by atoms with Crippen molar-refractivity contribution in [3.05, 3.63) is 35.9 Å². The lowest BCUT2D eigenvalue weighted by atomic mass is 10.1. The zero-order valence-corrected chi connectivity index (χ0v) is 14.9. The number of pyridine rings is 1. The van der Waals surface area contributed by atoms with Gasteiger partial charge in [0.15, 0.2) is 5.52 Å². The SMILES string of the molecule is CCOc1nc(N)nc2ccc(-c3cc(C(N)=O)ccc3S(=O)(=O)O)nc12. The summed E-state index contributed by atoms with van der Waals surface area (Å²) in [6.45, 7) is 2.05. The molecule has 140 valence electrons. The van der Waals surface area contributed by atoms with Gasteiger partial charge in [0.1, 0.15) is 4.90 Å². The number of fused-ring (bicyclic) bond motifs is 1. The Morgan fingerprint density at radius 2 is 1.93 bits per heavy atom. The van der Waals surface area contributed by atoms with Crippen molar-refractivity contribution >= 4 is 33.0 Å². The molecule has 0 unspecified atom stereocenters. The van der Waals surface area contributed by atoms with Gasteiger partial charge in [-0.3, -0.25) is 9.35 Å². The maximum Gasteiger partial charge on any atom is 0.295 e. The van der Waals surface area contributed by atoms with Crippen LogP contribution in [0.5, 0.6) is 5.88 Å². The second-order valence-electron chi connectivity index (χ2n) is 5.43. The monoisotopic (exact) mass is 389 g/mol. The summed E-state index contributed by atoms with van der Waals surface area (Å²) in [5.41, 5.74) is 11.7. The third-order valence-electron chi connectivity index (χ3n) is 3.63. The van der Waals surface area contributed by atoms with E-state index in [1.54, 1.807) is 13.0 Å². The molecule has 3 rings (SSSR count). The van der Waals surface area contributed by atoms with E-state index in [-0.39, 0.29) is 34.2 Å². The van der Waals surface area contributed by atoms with Crippen molar-refractivity contribution in [2.45, 2.75) is 11.8 Å². The minimum Gasteiger partial charge on any atom is -0.476 e. The summed E-state index contributed by atoms with van der Waals surface area (Å²) in [6.07, 6.45) is 0. The standard InChI is InChI=1S/C16H15N5O5S/c1-2-26-15-13-11(20-16(18)21-15)5-4-10(19-13)9-7-8(14(17)22)3-6-12(9)27(23,24)25/h3-7H,2H2,1H3,(H2,17,22)(H2,18,20,21)(H,23,24,25). The van der Waals surface area contributed by atoms with Crippen molar-refractivity contribution in [2.24, 2.45) is 5.73 Å². The van der Waals surface area contributed by atoms with E-state index in [1.165, 1.54) is 18.2 Å². The highest BCUT2D eigenvalue weighted by Crippen LogP contribution is 2.30. The number of nitrogens with zero attached hydrogens (tertiary/aromatic N) is 3. The molecule has 0 aliphatic rings. The van der Waals surface area contributed by atoms with E-state index in [2.05, 4.69) is 15.0 Å². The van der Waals surface area contributed by atoms with Crippen LogP contribution in [0.4, 0.5) is 5.95 Å². The first kappa shape index (κ1) is 18.5. The highest BCUT2D eigenvalue weighted by atomic mass is 32.2. The number of hydrogen-bond acceptors (Lipinski definition) is 8. The fourth-order valence-electron chi connectivity index (χ4n) is 2.50. The number of nitrogens with two attached hydrogens (primary N) is 2. The normalized spacial score (nSPS) is 11.5. The van der Waals surface area contributed by atoms with Crippen LogP contribution >= 0.6 is 0 Å². The molecule has 0 spiro atoms. The molecule has 5 N–H and O–H groups in total. The summed E-state index contributed by atoms with van der Waals surface area (Å²) in [4.78, 5) is 23.4. The molecule has 0 aliphatic heterocycles. The number of benzene rings is 1. The van der Waals surface area contributed by atoms with Crippen molar-refractivity contribution in [2.75, 3.05) is 12.3 Å². The second kappa shape index (κ2) is 6.78. The Kier molecular flexibility index (Phi) is 4.64. The molecular formula is C16H15N5O5S. The Labute approximate surface area is 154 Å². The molecule has 0 saturated carbocycles. The summed E-state index contributed by atoms with van der Waals surface area (Å²) in [7, 11) is -4.58. The number of anilines is 1. The minimum atomic E-state index is -4.58. The number of amides is 1. The van der Waals surface area contributed by atoms with E-state index in [0.29, 0.717) is 12.1 Å². The van der Waals surface area contributed by atoms with Gasteiger partial charge in [-0.15, -0.1) is 0 Å². The molecule has 2 heterocycles. The highest BCUT2D eigenvalue weighted by molar-refractivity contribution is 7.86. The van der Waals surface area contributed by atoms with Crippen LogP contribution in [0.15, 0.2) is 35.2 Å². The Bertz CT molecular complexity index is 1160. The summed E-state index contributed by atoms with van der Waals surface area (Å²) in [5, 5.41) is 0. The molecule has 0 aliphatic carbocycles. The molecule has 0 bridgehead atoms. The number of ether oxygens (including phenoxy) is 1. The number of hydrogen-bond donors (Lipinski definition) is 3. The largest absolute Gasteiger partial charge is 0.476 e. The minimum absolute atomic E-state index is 0.00465. The zero-order chi connectivity index (χ0) is 19.8. The van der Waals surface area contributed by atoms with E-state index < -0.39 is 20.9 Å². The van der Waals surface area contributed by atoms with Crippen molar-refractivity contribution < 1.29 is 22.5 Å². The first-order valence-corrected chi connectivity index (χ1v) is 9.13. The fraction of sp³-hybridized carbons (Fsp3) is 0.125. The second-order valence-corrected chi connectivity index (χ2v) is 6.82. The van der Waals surface area contributed by atoms with Crippen LogP contribution in [0, 0.1) is 0 Å². The average Bonchev–Trinajstić information content (AvgIpc) is 2.60. The van der Waals surface area contributed by atoms with Crippen molar-refractivity contribution in [3.63, 3.8) is 0 Å². The van der Waals surface area contributed by atoms with Crippen molar-refractivity contribution in [3.8, 4) is 17.1 Å². The quantitative estimate of drug-likeness (QED) is 0.538. The average molecular weight is 389 g/mol. The van der Waals surface area contributed by atoms with Gasteiger partial charge in [-0.1, -0.05) is 0 Å². The summed E-state index contributed by atoms with van der Waals surface area (Å²) in [5.74, 6) is -0.638. The number of rotatable bonds is 5. The number of aromatic nitrogens is 3. The molecule has 10 nitrogen and oxygen atoms in total. The Morgan fingerprint density at radius 1 is 1.19 bits per heavy atom. The lowest BCUT2D eigenvalue weighted by Crippen LogP contribution is -2.12. The first-order valence-electron chi connectivity index (χ1n) is 7.69. The van der Waals surface area contributed by atoms with Gasteiger partial charge in [0.25, 0.3) is 10.1 Å². The predicted octanol–water partition coefficient (Wildman–Crippen LogP) is 1.02. The number of carbonyl (C=O) groups is 1. The smallest absolute Gasteiger partial charge is 0.295 e. The molecule has 27 heavy (non-hydrogen) atoms. The summed E-state index contributed by atoms with van der Waals surface area (Å²) >= 11 is 0. The van der Waals surface area contributed by atoms with E-state index >= 15 is 0 Å². The molecule has 0 fully saturated rings. The van der Waals surface area contributed by atoms with Crippen LogP contribution in [0.3, 0.4) is 0 Å². The predicted molar refractivity (Wildman–Crippen MR) is 96.7 cm³/mol. The maximum atomic E-state index is 11.7. The van der Waals surface area contributed by atoms with Crippen LogP contribution in [-0.4, -0.2) is 40.4 Å². The van der Waals surface area contributed by atoms with Crippen molar-refractivity contribution in [1.82, 2.24) is 15.0 Å². The third-order valence-corrected chi connectivity index (χ3v) is 4.54. The molecule has 3 aromatic rings. The molecule has 11 heteroatoms. The Balaban J connectivity index is 2.31. The van der Waals surface area contributed by atoms with E-state index in [0.717, 1.165) is 6.07 Å². The summed E-state index contributed by atoms with van der Waals surface area (Å²) < 4.78 is 38.4. The van der Waals surface area contributed by atoms with Gasteiger partial charge in [0, 0.05) is 11.1 Å². The fourth-order valence-corrected chi connectivity index (χ4v) is 3.18. The van der Waals surface area contributed by atoms with E-state index in [4.69, 9.17) is 16.2 Å². The number of nitrogen functional groups attached to an aromatic ring is 1. The molecular weight excluding hydrogens is 374 g/mol. The van der Waals surface area contributed by atoms with E-state index in [9.17, 15) is 17.8 Å². The number of primary amides is 1. The summed E-state index contributed by atoms with van der Waals surface area (Å²) in [6, 6.07) is 6.53. The van der Waals surface area contributed by atoms with Crippen molar-refractivity contribution in [1.29, 1.82) is 0 Å². The van der Waals surface area contributed by atoms with Crippen LogP contribution in [0.2, 0.25) is 0 Å². The van der Waals surface area contributed by atoms with Gasteiger partial charge in [-0.05, 0) is 37.3 Å². The van der Waals surface area contributed by atoms with Gasteiger partial charge in [0.2, 0.25) is 17.7 Å². The van der Waals surface area contributed by atoms with Gasteiger partial charge in [-0.25, -0.2) is 9.97 Å². The maximum absolute atomic E-state index is 11.7. The lowest BCUT2D eigenvalue weighted by molar-refractivity contribution is 0.1000. The molecule has 0 saturated heterocycles.